The molecule has 0 radical (unpaired) electrons. The van der Waals surface area contributed by atoms with E-state index in [-0.39, 0.29) is 11.6 Å². The van der Waals surface area contributed by atoms with Gasteiger partial charge in [-0.1, -0.05) is 25.4 Å². The van der Waals surface area contributed by atoms with Crippen molar-refractivity contribution in [2.45, 2.75) is 39.3 Å². The summed E-state index contributed by atoms with van der Waals surface area (Å²) >= 11 is 6.06. The lowest BCUT2D eigenvalue weighted by Crippen LogP contribution is -2.51. The van der Waals surface area contributed by atoms with Crippen molar-refractivity contribution in [3.8, 4) is 0 Å². The summed E-state index contributed by atoms with van der Waals surface area (Å²) < 4.78 is 6.05. The highest BCUT2D eigenvalue weighted by atomic mass is 35.5. The lowest BCUT2D eigenvalue weighted by molar-refractivity contribution is 0.0861. The summed E-state index contributed by atoms with van der Waals surface area (Å²) in [5.74, 6) is 0.951. The number of benzene rings is 1. The molecule has 0 spiro atoms. The zero-order valence-electron chi connectivity index (χ0n) is 13.5. The molecule has 0 saturated heterocycles. The van der Waals surface area contributed by atoms with Crippen LogP contribution in [0.5, 0.6) is 0 Å². The fraction of sp³-hybridized carbons (Fsp3) is 0.529. The number of fused-ring (bicyclic) bond motifs is 1. The molecule has 1 aromatic heterocycles. The molecule has 2 aromatic rings. The molecular weight excluding hydrogens is 284 g/mol. The third-order valence-corrected chi connectivity index (χ3v) is 4.59. The Morgan fingerprint density at radius 1 is 1.24 bits per heavy atom. The lowest BCUT2D eigenvalue weighted by atomic mass is 9.90. The second-order valence-corrected chi connectivity index (χ2v) is 6.31. The molecule has 1 heterocycles. The van der Waals surface area contributed by atoms with E-state index >= 15 is 0 Å². The highest BCUT2D eigenvalue weighted by Crippen LogP contribution is 2.34. The van der Waals surface area contributed by atoms with E-state index in [1.54, 1.807) is 0 Å². The Balaban J connectivity index is 2.43. The van der Waals surface area contributed by atoms with Gasteiger partial charge in [0.15, 0.2) is 0 Å². The zero-order chi connectivity index (χ0) is 15.6. The second kappa shape index (κ2) is 6.39. The van der Waals surface area contributed by atoms with E-state index in [4.69, 9.17) is 16.0 Å². The normalized spacial score (nSPS) is 14.0. The third-order valence-electron chi connectivity index (χ3n) is 4.36. The van der Waals surface area contributed by atoms with Gasteiger partial charge < -0.3 is 9.73 Å². The van der Waals surface area contributed by atoms with Crippen LogP contribution in [0.1, 0.15) is 39.5 Å². The van der Waals surface area contributed by atoms with Gasteiger partial charge >= 0.3 is 0 Å². The van der Waals surface area contributed by atoms with Crippen LogP contribution in [-0.4, -0.2) is 30.6 Å². The van der Waals surface area contributed by atoms with Gasteiger partial charge in [0.05, 0.1) is 6.04 Å². The maximum atomic E-state index is 6.06. The first-order valence-corrected chi connectivity index (χ1v) is 7.93. The van der Waals surface area contributed by atoms with Gasteiger partial charge in [-0.25, -0.2) is 0 Å². The third kappa shape index (κ3) is 3.10. The molecule has 0 aliphatic rings. The lowest BCUT2D eigenvalue weighted by Gasteiger charge is -2.42. The minimum absolute atomic E-state index is 0.0457. The van der Waals surface area contributed by atoms with Crippen LogP contribution < -0.4 is 5.32 Å². The van der Waals surface area contributed by atoms with Crippen LogP contribution in [0.15, 0.2) is 28.7 Å². The molecule has 0 saturated carbocycles. The topological polar surface area (TPSA) is 28.4 Å². The monoisotopic (exact) mass is 308 g/mol. The van der Waals surface area contributed by atoms with E-state index in [1.807, 2.05) is 25.2 Å². The molecule has 21 heavy (non-hydrogen) atoms. The zero-order valence-corrected chi connectivity index (χ0v) is 14.3. The largest absolute Gasteiger partial charge is 0.459 e. The van der Waals surface area contributed by atoms with Crippen molar-refractivity contribution < 1.29 is 4.42 Å². The molecule has 0 fully saturated rings. The predicted molar refractivity (Wildman–Crippen MR) is 90.0 cm³/mol. The number of nitrogens with one attached hydrogen (secondary N) is 1. The van der Waals surface area contributed by atoms with Crippen LogP contribution in [0, 0.1) is 0 Å². The van der Waals surface area contributed by atoms with Gasteiger partial charge in [0.1, 0.15) is 11.3 Å². The summed E-state index contributed by atoms with van der Waals surface area (Å²) in [5.41, 5.74) is 0.834. The first kappa shape index (κ1) is 16.3. The molecule has 0 amide bonds. The molecule has 116 valence electrons. The molecule has 0 aliphatic carbocycles. The van der Waals surface area contributed by atoms with Crippen molar-refractivity contribution in [3.63, 3.8) is 0 Å². The van der Waals surface area contributed by atoms with Crippen molar-refractivity contribution in [1.29, 1.82) is 0 Å². The van der Waals surface area contributed by atoms with E-state index in [2.05, 4.69) is 44.0 Å². The van der Waals surface area contributed by atoms with E-state index in [1.165, 1.54) is 0 Å². The Morgan fingerprint density at radius 3 is 2.48 bits per heavy atom. The number of furan rings is 1. The van der Waals surface area contributed by atoms with Crippen LogP contribution in [0.4, 0.5) is 0 Å². The number of halogens is 1. The average Bonchev–Trinajstić information content (AvgIpc) is 2.82. The van der Waals surface area contributed by atoms with Crippen molar-refractivity contribution in [1.82, 2.24) is 10.2 Å². The summed E-state index contributed by atoms with van der Waals surface area (Å²) in [4.78, 5) is 2.44. The van der Waals surface area contributed by atoms with Gasteiger partial charge in [-0.15, -0.1) is 0 Å². The van der Waals surface area contributed by atoms with Crippen molar-refractivity contribution in [3.05, 3.63) is 35.0 Å². The van der Waals surface area contributed by atoms with Crippen LogP contribution in [-0.2, 0) is 0 Å². The highest BCUT2D eigenvalue weighted by Gasteiger charge is 2.36. The Kier molecular flexibility index (Phi) is 4.97. The number of hydrogen-bond acceptors (Lipinski definition) is 3. The van der Waals surface area contributed by atoms with E-state index in [9.17, 15) is 0 Å². The summed E-state index contributed by atoms with van der Waals surface area (Å²) in [6.45, 7) is 10.9. The number of rotatable bonds is 6. The smallest absolute Gasteiger partial charge is 0.134 e. The van der Waals surface area contributed by atoms with Crippen LogP contribution in [0.3, 0.4) is 0 Å². The Morgan fingerprint density at radius 2 is 1.90 bits per heavy atom. The number of likely N-dealkylation sites (N-methyl/N-ethyl adjacent to an activating group) is 2. The van der Waals surface area contributed by atoms with E-state index < -0.39 is 0 Å². The number of nitrogens with zero attached hydrogens (tertiary/aromatic N) is 1. The van der Waals surface area contributed by atoms with Crippen molar-refractivity contribution >= 4 is 22.6 Å². The molecular formula is C17H25ClN2O. The van der Waals surface area contributed by atoms with Crippen LogP contribution >= 0.6 is 11.6 Å². The summed E-state index contributed by atoms with van der Waals surface area (Å²) in [6.07, 6.45) is 0. The molecule has 4 heteroatoms. The minimum atomic E-state index is -0.0457. The van der Waals surface area contributed by atoms with E-state index in [0.29, 0.717) is 0 Å². The first-order chi connectivity index (χ1) is 9.93. The van der Waals surface area contributed by atoms with Crippen LogP contribution in [0.2, 0.25) is 5.02 Å². The van der Waals surface area contributed by atoms with Gasteiger partial charge in [-0.2, -0.15) is 0 Å². The predicted octanol–water partition coefficient (Wildman–Crippen LogP) is 4.47. The quantitative estimate of drug-likeness (QED) is 0.853. The van der Waals surface area contributed by atoms with Gasteiger partial charge in [-0.05, 0) is 58.3 Å². The summed E-state index contributed by atoms with van der Waals surface area (Å²) in [5, 5.41) is 5.20. The molecule has 1 aromatic carbocycles. The van der Waals surface area contributed by atoms with Gasteiger partial charge in [0.25, 0.3) is 0 Å². The maximum absolute atomic E-state index is 6.06. The van der Waals surface area contributed by atoms with E-state index in [0.717, 1.165) is 34.8 Å². The fourth-order valence-electron chi connectivity index (χ4n) is 3.24. The number of hydrogen-bond donors (Lipinski definition) is 1. The van der Waals surface area contributed by atoms with Gasteiger partial charge in [-0.3, -0.25) is 4.90 Å². The van der Waals surface area contributed by atoms with Crippen molar-refractivity contribution in [2.24, 2.45) is 0 Å². The SMILES string of the molecule is CCN(CC)C(C)(C)C(NC)c1cc2cc(Cl)ccc2o1. The first-order valence-electron chi connectivity index (χ1n) is 7.55. The Hall–Kier alpha value is -1.03. The Bertz CT molecular complexity index is 602. The van der Waals surface area contributed by atoms with Gasteiger partial charge in [0, 0.05) is 15.9 Å². The molecule has 0 bridgehead atoms. The highest BCUT2D eigenvalue weighted by molar-refractivity contribution is 6.31. The summed E-state index contributed by atoms with van der Waals surface area (Å²) in [6, 6.07) is 7.94. The molecule has 1 N–H and O–H groups in total. The van der Waals surface area contributed by atoms with Crippen LogP contribution in [0.25, 0.3) is 11.0 Å². The minimum Gasteiger partial charge on any atom is -0.459 e. The molecule has 3 nitrogen and oxygen atoms in total. The Labute approximate surface area is 132 Å². The average molecular weight is 309 g/mol. The molecule has 1 unspecified atom stereocenters. The van der Waals surface area contributed by atoms with Crippen molar-refractivity contribution in [2.75, 3.05) is 20.1 Å². The fourth-order valence-corrected chi connectivity index (χ4v) is 3.42. The standard InChI is InChI=1S/C17H25ClN2O/c1-6-20(7-2)17(3,4)16(19-5)15-11-12-10-13(18)8-9-14(12)21-15/h8-11,16,19H,6-7H2,1-5H3. The molecule has 0 aliphatic heterocycles. The molecule has 1 atom stereocenters. The van der Waals surface area contributed by atoms with Gasteiger partial charge in [0.2, 0.25) is 0 Å². The maximum Gasteiger partial charge on any atom is 0.134 e. The molecule has 2 rings (SSSR count). The summed E-state index contributed by atoms with van der Waals surface area (Å²) in [7, 11) is 1.98. The second-order valence-electron chi connectivity index (χ2n) is 5.88.